The summed E-state index contributed by atoms with van der Waals surface area (Å²) >= 11 is 5.67. The molecule has 74 valence electrons. The number of nitrogens with zero attached hydrogens (tertiary/aromatic N) is 1. The number of rotatable bonds is 2. The van der Waals surface area contributed by atoms with Crippen LogP contribution in [0.15, 0.2) is 18.2 Å². The van der Waals surface area contributed by atoms with Crippen LogP contribution in [0.1, 0.15) is 5.56 Å². The Bertz CT molecular complexity index is 491. The highest BCUT2D eigenvalue weighted by atomic mass is 35.5. The molecule has 0 fully saturated rings. The van der Waals surface area contributed by atoms with Gasteiger partial charge < -0.3 is 0 Å². The second-order valence-electron chi connectivity index (χ2n) is 2.68. The lowest BCUT2D eigenvalue weighted by Crippen LogP contribution is -2.09. The third-order valence-electron chi connectivity index (χ3n) is 1.39. The Morgan fingerprint density at radius 3 is 2.64 bits per heavy atom. The Hall–Kier alpha value is -1.25. The van der Waals surface area contributed by atoms with Crippen molar-refractivity contribution in [3.05, 3.63) is 28.8 Å². The van der Waals surface area contributed by atoms with E-state index in [2.05, 4.69) is 4.72 Å². The van der Waals surface area contributed by atoms with Crippen molar-refractivity contribution in [2.45, 2.75) is 0 Å². The Kier molecular flexibility index (Phi) is 2.99. The van der Waals surface area contributed by atoms with Gasteiger partial charge in [-0.05, 0) is 18.2 Å². The molecular weight excluding hydrogens is 224 g/mol. The van der Waals surface area contributed by atoms with Gasteiger partial charge in [-0.15, -0.1) is 0 Å². The summed E-state index contributed by atoms with van der Waals surface area (Å²) in [4.78, 5) is 0. The summed E-state index contributed by atoms with van der Waals surface area (Å²) in [5.74, 6) is 0. The summed E-state index contributed by atoms with van der Waals surface area (Å²) in [5.41, 5.74) is 0.564. The molecule has 0 saturated heterocycles. The molecule has 0 aliphatic rings. The lowest BCUT2D eigenvalue weighted by atomic mass is 10.2. The number of hydrogen-bond donors (Lipinski definition) is 1. The van der Waals surface area contributed by atoms with Crippen LogP contribution in [0.4, 0.5) is 5.69 Å². The number of benzene rings is 1. The third kappa shape index (κ3) is 2.91. The van der Waals surface area contributed by atoms with Gasteiger partial charge in [0, 0.05) is 5.69 Å². The molecule has 4 nitrogen and oxygen atoms in total. The maximum Gasteiger partial charge on any atom is 0.229 e. The van der Waals surface area contributed by atoms with E-state index in [0.717, 1.165) is 6.26 Å². The smallest absolute Gasteiger partial charge is 0.229 e. The van der Waals surface area contributed by atoms with Crippen molar-refractivity contribution in [1.82, 2.24) is 0 Å². The quantitative estimate of drug-likeness (QED) is 0.839. The van der Waals surface area contributed by atoms with Crippen molar-refractivity contribution in [3.8, 4) is 6.07 Å². The summed E-state index contributed by atoms with van der Waals surface area (Å²) in [6.07, 6.45) is 1.04. The normalized spacial score (nSPS) is 10.6. The van der Waals surface area contributed by atoms with Crippen LogP contribution in [0.2, 0.25) is 5.02 Å². The zero-order valence-electron chi connectivity index (χ0n) is 7.28. The van der Waals surface area contributed by atoms with Crippen molar-refractivity contribution in [1.29, 1.82) is 5.26 Å². The standard InChI is InChI=1S/C8H7ClN2O2S/c1-14(12,13)11-7-2-3-8(9)6(4-7)5-10/h2-4,11H,1H3. The fourth-order valence-electron chi connectivity index (χ4n) is 0.889. The molecule has 0 atom stereocenters. The van der Waals surface area contributed by atoms with Crippen molar-refractivity contribution in [3.63, 3.8) is 0 Å². The lowest BCUT2D eigenvalue weighted by Gasteiger charge is -2.04. The number of nitrogens with one attached hydrogen (secondary N) is 1. The molecule has 1 N–H and O–H groups in total. The van der Waals surface area contributed by atoms with Gasteiger partial charge in [0.1, 0.15) is 6.07 Å². The number of halogens is 1. The van der Waals surface area contributed by atoms with Crippen LogP contribution in [0.3, 0.4) is 0 Å². The molecule has 0 amide bonds. The van der Waals surface area contributed by atoms with E-state index in [9.17, 15) is 8.42 Å². The minimum atomic E-state index is -3.32. The van der Waals surface area contributed by atoms with Crippen LogP contribution < -0.4 is 4.72 Å². The summed E-state index contributed by atoms with van der Waals surface area (Å²) in [6.45, 7) is 0. The Balaban J connectivity index is 3.09. The number of hydrogen-bond acceptors (Lipinski definition) is 3. The van der Waals surface area contributed by atoms with Crippen molar-refractivity contribution >= 4 is 27.3 Å². The highest BCUT2D eigenvalue weighted by Crippen LogP contribution is 2.19. The maximum absolute atomic E-state index is 10.9. The van der Waals surface area contributed by atoms with Gasteiger partial charge in [-0.1, -0.05) is 11.6 Å². The Morgan fingerprint density at radius 1 is 1.50 bits per heavy atom. The largest absolute Gasteiger partial charge is 0.284 e. The van der Waals surface area contributed by atoms with Crippen LogP contribution in [-0.2, 0) is 10.0 Å². The second kappa shape index (κ2) is 3.86. The van der Waals surface area contributed by atoms with E-state index in [4.69, 9.17) is 16.9 Å². The minimum Gasteiger partial charge on any atom is -0.284 e. The Morgan fingerprint density at radius 2 is 2.14 bits per heavy atom. The highest BCUT2D eigenvalue weighted by Gasteiger charge is 2.04. The van der Waals surface area contributed by atoms with Gasteiger partial charge in [0.25, 0.3) is 0 Å². The fraction of sp³-hybridized carbons (Fsp3) is 0.125. The SMILES string of the molecule is CS(=O)(=O)Nc1ccc(Cl)c(C#N)c1. The van der Waals surface area contributed by atoms with Crippen LogP contribution >= 0.6 is 11.6 Å². The third-order valence-corrected chi connectivity index (χ3v) is 2.33. The molecule has 0 spiro atoms. The molecule has 0 heterocycles. The minimum absolute atomic E-state index is 0.236. The van der Waals surface area contributed by atoms with Crippen molar-refractivity contribution in [2.24, 2.45) is 0 Å². The maximum atomic E-state index is 10.9. The number of sulfonamides is 1. The molecule has 1 rings (SSSR count). The van der Waals surface area contributed by atoms with Gasteiger partial charge in [0.2, 0.25) is 10.0 Å². The zero-order chi connectivity index (χ0) is 10.8. The molecule has 0 bridgehead atoms. The van der Waals surface area contributed by atoms with E-state index in [0.29, 0.717) is 10.7 Å². The van der Waals surface area contributed by atoms with Crippen molar-refractivity contribution < 1.29 is 8.42 Å². The van der Waals surface area contributed by atoms with Gasteiger partial charge in [0.15, 0.2) is 0 Å². The summed E-state index contributed by atoms with van der Waals surface area (Å²) in [5, 5.41) is 8.93. The second-order valence-corrected chi connectivity index (χ2v) is 4.84. The predicted octanol–water partition coefficient (Wildman–Crippen LogP) is 1.58. The van der Waals surface area contributed by atoms with Crippen LogP contribution in [-0.4, -0.2) is 14.7 Å². The van der Waals surface area contributed by atoms with Gasteiger partial charge in [-0.3, -0.25) is 4.72 Å². The van der Waals surface area contributed by atoms with Crippen LogP contribution in [0.5, 0.6) is 0 Å². The number of nitriles is 1. The van der Waals surface area contributed by atoms with Gasteiger partial charge in [-0.2, -0.15) is 5.26 Å². The van der Waals surface area contributed by atoms with Gasteiger partial charge >= 0.3 is 0 Å². The van der Waals surface area contributed by atoms with E-state index in [1.807, 2.05) is 6.07 Å². The van der Waals surface area contributed by atoms with Crippen molar-refractivity contribution in [2.75, 3.05) is 11.0 Å². The van der Waals surface area contributed by atoms with Crippen LogP contribution in [0.25, 0.3) is 0 Å². The lowest BCUT2D eigenvalue weighted by molar-refractivity contribution is 0.607. The first-order valence-corrected chi connectivity index (χ1v) is 5.87. The number of anilines is 1. The molecule has 0 aliphatic heterocycles. The summed E-state index contributed by atoms with van der Waals surface area (Å²) in [6, 6.07) is 6.19. The topological polar surface area (TPSA) is 70.0 Å². The molecular formula is C8H7ClN2O2S. The molecule has 1 aromatic carbocycles. The van der Waals surface area contributed by atoms with E-state index in [1.54, 1.807) is 0 Å². The summed E-state index contributed by atoms with van der Waals surface area (Å²) in [7, 11) is -3.32. The molecule has 0 unspecified atom stereocenters. The van der Waals surface area contributed by atoms with E-state index >= 15 is 0 Å². The van der Waals surface area contributed by atoms with E-state index in [1.165, 1.54) is 18.2 Å². The average Bonchev–Trinajstić information content (AvgIpc) is 2.06. The molecule has 0 aliphatic carbocycles. The average molecular weight is 231 g/mol. The first-order chi connectivity index (χ1) is 6.42. The van der Waals surface area contributed by atoms with Gasteiger partial charge in [0.05, 0.1) is 16.8 Å². The Labute approximate surface area is 87.2 Å². The molecule has 14 heavy (non-hydrogen) atoms. The monoisotopic (exact) mass is 230 g/mol. The fourth-order valence-corrected chi connectivity index (χ4v) is 1.60. The summed E-state index contributed by atoms with van der Waals surface area (Å²) < 4.78 is 24.0. The van der Waals surface area contributed by atoms with E-state index < -0.39 is 10.0 Å². The predicted molar refractivity (Wildman–Crippen MR) is 54.6 cm³/mol. The molecule has 0 aromatic heterocycles. The first kappa shape index (κ1) is 10.8. The first-order valence-electron chi connectivity index (χ1n) is 3.60. The molecule has 0 radical (unpaired) electrons. The highest BCUT2D eigenvalue weighted by molar-refractivity contribution is 7.92. The zero-order valence-corrected chi connectivity index (χ0v) is 8.85. The van der Waals surface area contributed by atoms with E-state index in [-0.39, 0.29) is 5.56 Å². The molecule has 0 saturated carbocycles. The molecule has 1 aromatic rings. The van der Waals surface area contributed by atoms with Crippen LogP contribution in [0, 0.1) is 11.3 Å². The van der Waals surface area contributed by atoms with Gasteiger partial charge in [-0.25, -0.2) is 8.42 Å². The molecule has 6 heteroatoms.